The minimum absolute atomic E-state index is 0.00624. The van der Waals surface area contributed by atoms with Gasteiger partial charge in [-0.2, -0.15) is 15.1 Å². The molecule has 1 aromatic carbocycles. The van der Waals surface area contributed by atoms with Crippen LogP contribution in [0.1, 0.15) is 39.5 Å². The molecule has 230 valence electrons. The van der Waals surface area contributed by atoms with Crippen molar-refractivity contribution < 1.29 is 37.4 Å². The van der Waals surface area contributed by atoms with Crippen LogP contribution in [0.4, 0.5) is 27.7 Å². The van der Waals surface area contributed by atoms with E-state index in [2.05, 4.69) is 25.7 Å². The number of ether oxygens (including phenoxy) is 2. The number of para-hydroxylation sites is 1. The number of nitrogens with two attached hydrogens (primary N) is 1. The number of benzene rings is 1. The summed E-state index contributed by atoms with van der Waals surface area (Å²) < 4.78 is 51.7. The number of aromatic nitrogens is 2. The van der Waals surface area contributed by atoms with Crippen molar-refractivity contribution in [1.29, 1.82) is 0 Å². The van der Waals surface area contributed by atoms with Crippen molar-refractivity contribution in [2.24, 2.45) is 0 Å². The van der Waals surface area contributed by atoms with Crippen LogP contribution in [0, 0.1) is 0 Å². The van der Waals surface area contributed by atoms with Gasteiger partial charge in [-0.15, -0.1) is 0 Å². The zero-order valence-electron chi connectivity index (χ0n) is 23.7. The quantitative estimate of drug-likeness (QED) is 0.185. The number of nitrogen functional groups attached to an aromatic ring is 1. The number of carbonyl (C=O) groups is 1. The monoisotopic (exact) mass is 609 g/mol. The van der Waals surface area contributed by atoms with Crippen molar-refractivity contribution in [3.63, 3.8) is 0 Å². The van der Waals surface area contributed by atoms with Crippen LogP contribution in [-0.2, 0) is 23.4 Å². The standard InChI is InChI=1S/C26H37FN7O7P/c1-15(23(36)38-3)33-42(37,41-17-11-5-4-6-12-17)39-13-18-20(35)26(2,27)24(40-18)34-14-29-19-21(30-16-9-7-8-10-16)31-25(28)32-22(19)34/h4-6,11-12,15-16,18,20,24,29,35H,7-10,13-14H2,1-3H3,(H,33,37)(H3,28,30,31,32)/t15-,18-,20-,24-,26-,42?/m1/s1. The van der Waals surface area contributed by atoms with Gasteiger partial charge in [0.25, 0.3) is 0 Å². The number of halogens is 1. The highest BCUT2D eigenvalue weighted by atomic mass is 31.2. The molecule has 2 aliphatic heterocycles. The molecule has 0 amide bonds. The Morgan fingerprint density at radius 3 is 2.74 bits per heavy atom. The van der Waals surface area contributed by atoms with Crippen LogP contribution in [0.25, 0.3) is 0 Å². The van der Waals surface area contributed by atoms with Gasteiger partial charge < -0.3 is 40.4 Å². The Labute approximate surface area is 243 Å². The SMILES string of the molecule is COC(=O)[C@@H](C)NP(=O)(OC[C@H]1O[C@@H](N2CNc3c(NC4CCCC4)nc(N)nc32)[C@](C)(F)[C@@H]1O)Oc1ccccc1. The maximum Gasteiger partial charge on any atom is 0.459 e. The van der Waals surface area contributed by atoms with Gasteiger partial charge in [0.1, 0.15) is 29.7 Å². The summed E-state index contributed by atoms with van der Waals surface area (Å²) in [4.78, 5) is 22.2. The van der Waals surface area contributed by atoms with Crippen molar-refractivity contribution in [2.45, 2.75) is 75.7 Å². The van der Waals surface area contributed by atoms with Crippen molar-refractivity contribution in [1.82, 2.24) is 15.1 Å². The molecule has 0 radical (unpaired) electrons. The van der Waals surface area contributed by atoms with Gasteiger partial charge in [0.2, 0.25) is 5.95 Å². The number of aliphatic hydroxyl groups excluding tert-OH is 1. The van der Waals surface area contributed by atoms with Crippen LogP contribution in [0.2, 0.25) is 0 Å². The van der Waals surface area contributed by atoms with E-state index in [4.69, 9.17) is 24.3 Å². The highest BCUT2D eigenvalue weighted by molar-refractivity contribution is 7.52. The molecule has 5 rings (SSSR count). The van der Waals surface area contributed by atoms with Gasteiger partial charge in [-0.1, -0.05) is 31.0 Å². The first-order valence-electron chi connectivity index (χ1n) is 13.8. The van der Waals surface area contributed by atoms with Crippen molar-refractivity contribution in [3.8, 4) is 5.75 Å². The molecule has 6 N–H and O–H groups in total. The first-order chi connectivity index (χ1) is 20.0. The molecule has 42 heavy (non-hydrogen) atoms. The number of hydrogen-bond donors (Lipinski definition) is 5. The topological polar surface area (TPSA) is 182 Å². The third kappa shape index (κ3) is 6.25. The van der Waals surface area contributed by atoms with Crippen LogP contribution in [0.5, 0.6) is 5.75 Å². The van der Waals surface area contributed by atoms with Gasteiger partial charge in [-0.05, 0) is 38.8 Å². The lowest BCUT2D eigenvalue weighted by molar-refractivity contribution is -0.142. The molecule has 0 spiro atoms. The van der Waals surface area contributed by atoms with Gasteiger partial charge in [0.15, 0.2) is 23.5 Å². The van der Waals surface area contributed by atoms with E-state index in [0.29, 0.717) is 17.3 Å². The normalized spacial score (nSPS) is 27.6. The van der Waals surface area contributed by atoms with Crippen LogP contribution >= 0.6 is 7.75 Å². The van der Waals surface area contributed by atoms with Crippen molar-refractivity contribution >= 4 is 37.0 Å². The lowest BCUT2D eigenvalue weighted by Gasteiger charge is -2.31. The third-order valence-electron chi connectivity index (χ3n) is 7.59. The third-order valence-corrected chi connectivity index (χ3v) is 9.23. The van der Waals surface area contributed by atoms with Gasteiger partial charge in [-0.25, -0.2) is 8.96 Å². The molecule has 1 aromatic heterocycles. The number of aliphatic hydroxyl groups is 1. The summed E-state index contributed by atoms with van der Waals surface area (Å²) in [7, 11) is -3.06. The number of nitrogens with one attached hydrogen (secondary N) is 3. The highest BCUT2D eigenvalue weighted by Gasteiger charge is 2.58. The first-order valence-corrected chi connectivity index (χ1v) is 15.4. The fraction of sp³-hybridized carbons (Fsp3) is 0.577. The van der Waals surface area contributed by atoms with E-state index >= 15 is 4.39 Å². The number of methoxy groups -OCH3 is 1. The summed E-state index contributed by atoms with van der Waals surface area (Å²) in [6.07, 6.45) is 0.0262. The molecule has 1 unspecified atom stereocenters. The maximum atomic E-state index is 16.2. The number of anilines is 4. The first kappa shape index (κ1) is 30.2. The summed E-state index contributed by atoms with van der Waals surface area (Å²) in [6.45, 7) is 2.22. The van der Waals surface area contributed by atoms with E-state index in [0.717, 1.165) is 25.7 Å². The molecule has 0 bridgehead atoms. The zero-order chi connectivity index (χ0) is 30.1. The summed E-state index contributed by atoms with van der Waals surface area (Å²) in [5.41, 5.74) is 4.28. The smallest absolute Gasteiger partial charge is 0.459 e. The lowest BCUT2D eigenvalue weighted by Crippen LogP contribution is -2.50. The van der Waals surface area contributed by atoms with Crippen molar-refractivity contribution in [2.75, 3.05) is 41.7 Å². The maximum absolute atomic E-state index is 16.2. The average molecular weight is 610 g/mol. The van der Waals surface area contributed by atoms with Gasteiger partial charge >= 0.3 is 13.7 Å². The molecule has 1 saturated carbocycles. The number of alkyl halides is 1. The van der Waals surface area contributed by atoms with E-state index in [9.17, 15) is 14.5 Å². The zero-order valence-corrected chi connectivity index (χ0v) is 24.6. The molecule has 14 nitrogen and oxygen atoms in total. The number of carbonyl (C=O) groups excluding carboxylic acids is 1. The number of fused-ring (bicyclic) bond motifs is 1. The van der Waals surface area contributed by atoms with Crippen LogP contribution in [0.3, 0.4) is 0 Å². The predicted molar refractivity (Wildman–Crippen MR) is 153 cm³/mol. The largest absolute Gasteiger partial charge is 0.468 e. The summed E-state index contributed by atoms with van der Waals surface area (Å²) in [6, 6.07) is 7.36. The van der Waals surface area contributed by atoms with Gasteiger partial charge in [-0.3, -0.25) is 9.32 Å². The van der Waals surface area contributed by atoms with E-state index < -0.39 is 50.5 Å². The summed E-state index contributed by atoms with van der Waals surface area (Å²) in [5.74, 6) is 0.359. The van der Waals surface area contributed by atoms with E-state index in [-0.39, 0.29) is 24.4 Å². The van der Waals surface area contributed by atoms with Crippen LogP contribution in [-0.4, -0.2) is 77.6 Å². The molecule has 1 saturated heterocycles. The molecule has 3 aliphatic rings. The molecule has 2 fully saturated rings. The Morgan fingerprint density at radius 1 is 1.33 bits per heavy atom. The molecule has 3 heterocycles. The Bertz CT molecular complexity index is 1320. The molecular formula is C26H37FN7O7P. The number of hydrogen-bond acceptors (Lipinski definition) is 13. The molecule has 1 aliphatic carbocycles. The lowest BCUT2D eigenvalue weighted by atomic mass is 9.98. The highest BCUT2D eigenvalue weighted by Crippen LogP contribution is 2.48. The second-order valence-electron chi connectivity index (χ2n) is 10.8. The Balaban J connectivity index is 1.33. The van der Waals surface area contributed by atoms with Gasteiger partial charge in [0, 0.05) is 6.04 Å². The van der Waals surface area contributed by atoms with E-state index in [1.165, 1.54) is 25.9 Å². The van der Waals surface area contributed by atoms with Crippen molar-refractivity contribution in [3.05, 3.63) is 30.3 Å². The number of nitrogens with zero attached hydrogens (tertiary/aromatic N) is 3. The van der Waals surface area contributed by atoms with Crippen LogP contribution in [0.15, 0.2) is 30.3 Å². The predicted octanol–water partition coefficient (Wildman–Crippen LogP) is 2.77. The number of esters is 1. The minimum Gasteiger partial charge on any atom is -0.468 e. The number of rotatable bonds is 11. The Kier molecular flexibility index (Phi) is 8.76. The van der Waals surface area contributed by atoms with E-state index in [1.807, 2.05) is 0 Å². The van der Waals surface area contributed by atoms with E-state index in [1.54, 1.807) is 30.3 Å². The molecule has 2 aromatic rings. The Hall–Kier alpha value is -3.23. The molecule has 6 atom stereocenters. The fourth-order valence-electron chi connectivity index (χ4n) is 5.38. The average Bonchev–Trinajstić information content (AvgIpc) is 3.67. The fourth-order valence-corrected chi connectivity index (χ4v) is 6.88. The molecular weight excluding hydrogens is 572 g/mol. The van der Waals surface area contributed by atoms with Crippen LogP contribution < -0.4 is 30.9 Å². The van der Waals surface area contributed by atoms with Gasteiger partial charge in [0.05, 0.1) is 20.4 Å². The second kappa shape index (κ2) is 12.2. The molecule has 16 heteroatoms. The summed E-state index contributed by atoms with van der Waals surface area (Å²) in [5, 5.41) is 20.1. The second-order valence-corrected chi connectivity index (χ2v) is 12.4. The minimum atomic E-state index is -4.25. The summed E-state index contributed by atoms with van der Waals surface area (Å²) >= 11 is 0. The Morgan fingerprint density at radius 2 is 2.05 bits per heavy atom.